The highest BCUT2D eigenvalue weighted by molar-refractivity contribution is 5.84. The average molecular weight is 371 g/mol. The molecule has 0 saturated carbocycles. The number of para-hydroxylation sites is 1. The predicted octanol–water partition coefficient (Wildman–Crippen LogP) is 3.09. The van der Waals surface area contributed by atoms with Crippen LogP contribution < -0.4 is 14.9 Å². The number of carbonyl (C=O) groups is 1. The molecular formula is C19H21N3O5. The summed E-state index contributed by atoms with van der Waals surface area (Å²) in [6.45, 7) is 4.78. The molecule has 8 heteroatoms. The SMILES string of the molecule is CCOc1ccc(C=NNC(=O)Cc2ccccc2[N+](=O)[O-])cc1OCC. The lowest BCUT2D eigenvalue weighted by atomic mass is 10.1. The van der Waals surface area contributed by atoms with Crippen LogP contribution in [0.1, 0.15) is 25.0 Å². The summed E-state index contributed by atoms with van der Waals surface area (Å²) >= 11 is 0. The Balaban J connectivity index is 2.01. The molecule has 1 N–H and O–H groups in total. The fourth-order valence-corrected chi connectivity index (χ4v) is 2.38. The summed E-state index contributed by atoms with van der Waals surface area (Å²) in [6, 6.07) is 11.4. The number of nitro groups is 1. The highest BCUT2D eigenvalue weighted by atomic mass is 16.6. The maximum absolute atomic E-state index is 12.0. The van der Waals surface area contributed by atoms with Crippen LogP contribution in [0, 0.1) is 10.1 Å². The van der Waals surface area contributed by atoms with Gasteiger partial charge in [-0.15, -0.1) is 0 Å². The van der Waals surface area contributed by atoms with Gasteiger partial charge in [-0.25, -0.2) is 5.43 Å². The summed E-state index contributed by atoms with van der Waals surface area (Å²) in [5.41, 5.74) is 3.32. The van der Waals surface area contributed by atoms with Gasteiger partial charge < -0.3 is 9.47 Å². The summed E-state index contributed by atoms with van der Waals surface area (Å²) in [7, 11) is 0. The molecule has 0 spiro atoms. The third-order valence-corrected chi connectivity index (χ3v) is 3.51. The second kappa shape index (κ2) is 9.91. The van der Waals surface area contributed by atoms with E-state index in [1.54, 1.807) is 36.4 Å². The lowest BCUT2D eigenvalue weighted by molar-refractivity contribution is -0.385. The number of nitro benzene ring substituents is 1. The van der Waals surface area contributed by atoms with Crippen LogP contribution in [0.15, 0.2) is 47.6 Å². The molecule has 0 saturated heterocycles. The van der Waals surface area contributed by atoms with Crippen LogP contribution in [-0.2, 0) is 11.2 Å². The average Bonchev–Trinajstić information content (AvgIpc) is 2.64. The molecule has 0 aromatic heterocycles. The molecule has 0 bridgehead atoms. The molecule has 1 amide bonds. The zero-order valence-electron chi connectivity index (χ0n) is 15.2. The van der Waals surface area contributed by atoms with Crippen molar-refractivity contribution in [3.63, 3.8) is 0 Å². The van der Waals surface area contributed by atoms with Gasteiger partial charge in [-0.2, -0.15) is 5.10 Å². The zero-order chi connectivity index (χ0) is 19.6. The van der Waals surface area contributed by atoms with Crippen LogP contribution in [0.4, 0.5) is 5.69 Å². The first-order valence-corrected chi connectivity index (χ1v) is 8.49. The Morgan fingerprint density at radius 3 is 2.56 bits per heavy atom. The Morgan fingerprint density at radius 1 is 1.15 bits per heavy atom. The van der Waals surface area contributed by atoms with Gasteiger partial charge in [0.05, 0.1) is 30.8 Å². The van der Waals surface area contributed by atoms with Crippen LogP contribution >= 0.6 is 0 Å². The molecule has 0 fully saturated rings. The Bertz CT molecular complexity index is 836. The molecule has 27 heavy (non-hydrogen) atoms. The van der Waals surface area contributed by atoms with Crippen LogP contribution in [0.2, 0.25) is 0 Å². The third kappa shape index (κ3) is 5.81. The first-order chi connectivity index (χ1) is 13.0. The van der Waals surface area contributed by atoms with Gasteiger partial charge in [-0.1, -0.05) is 18.2 Å². The van der Waals surface area contributed by atoms with Crippen molar-refractivity contribution in [2.24, 2.45) is 5.10 Å². The van der Waals surface area contributed by atoms with Gasteiger partial charge in [-0.3, -0.25) is 14.9 Å². The summed E-state index contributed by atoms with van der Waals surface area (Å²) in [4.78, 5) is 22.5. The minimum absolute atomic E-state index is 0.0931. The van der Waals surface area contributed by atoms with Gasteiger partial charge in [-0.05, 0) is 37.6 Å². The Kier molecular flexibility index (Phi) is 7.30. The Labute approximate surface area is 157 Å². The molecule has 2 rings (SSSR count). The van der Waals surface area contributed by atoms with Crippen molar-refractivity contribution in [3.8, 4) is 11.5 Å². The van der Waals surface area contributed by atoms with Crippen molar-refractivity contribution in [1.82, 2.24) is 5.43 Å². The van der Waals surface area contributed by atoms with E-state index in [2.05, 4.69) is 10.5 Å². The van der Waals surface area contributed by atoms with Crippen LogP contribution in [0.3, 0.4) is 0 Å². The number of hydrazone groups is 1. The van der Waals surface area contributed by atoms with Crippen molar-refractivity contribution >= 4 is 17.8 Å². The first kappa shape index (κ1) is 19.9. The molecule has 0 unspecified atom stereocenters. The second-order valence-electron chi connectivity index (χ2n) is 5.43. The minimum atomic E-state index is -0.513. The van der Waals surface area contributed by atoms with Crippen molar-refractivity contribution < 1.29 is 19.2 Å². The standard InChI is InChI=1S/C19H21N3O5/c1-3-26-17-10-9-14(11-18(17)27-4-2)13-20-21-19(23)12-15-7-5-6-8-16(15)22(24)25/h5-11,13H,3-4,12H2,1-2H3,(H,21,23). The largest absolute Gasteiger partial charge is 0.490 e. The Hall–Kier alpha value is -3.42. The van der Waals surface area contributed by atoms with Crippen molar-refractivity contribution in [1.29, 1.82) is 0 Å². The molecule has 0 radical (unpaired) electrons. The lowest BCUT2D eigenvalue weighted by Gasteiger charge is -2.11. The molecular weight excluding hydrogens is 350 g/mol. The van der Waals surface area contributed by atoms with E-state index in [0.29, 0.717) is 35.8 Å². The molecule has 142 valence electrons. The number of ether oxygens (including phenoxy) is 2. The smallest absolute Gasteiger partial charge is 0.273 e. The molecule has 0 aliphatic heterocycles. The van der Waals surface area contributed by atoms with E-state index < -0.39 is 10.8 Å². The lowest BCUT2D eigenvalue weighted by Crippen LogP contribution is -2.20. The number of hydrogen-bond acceptors (Lipinski definition) is 6. The number of hydrogen-bond donors (Lipinski definition) is 1. The van der Waals surface area contributed by atoms with Crippen LogP contribution in [-0.4, -0.2) is 30.3 Å². The van der Waals surface area contributed by atoms with Gasteiger partial charge in [0.25, 0.3) is 5.69 Å². The molecule has 2 aromatic rings. The summed E-state index contributed by atoms with van der Waals surface area (Å²) in [5.74, 6) is 0.781. The fraction of sp³-hybridized carbons (Fsp3) is 0.263. The third-order valence-electron chi connectivity index (χ3n) is 3.51. The fourth-order valence-electron chi connectivity index (χ4n) is 2.38. The van der Waals surface area contributed by atoms with Crippen LogP contribution in [0.5, 0.6) is 11.5 Å². The summed E-state index contributed by atoms with van der Waals surface area (Å²) in [6.07, 6.45) is 1.33. The summed E-state index contributed by atoms with van der Waals surface area (Å²) < 4.78 is 11.0. The van der Waals surface area contributed by atoms with Crippen molar-refractivity contribution in [2.45, 2.75) is 20.3 Å². The zero-order valence-corrected chi connectivity index (χ0v) is 15.2. The van der Waals surface area contributed by atoms with Gasteiger partial charge in [0.15, 0.2) is 11.5 Å². The van der Waals surface area contributed by atoms with Crippen molar-refractivity contribution in [3.05, 3.63) is 63.7 Å². The van der Waals surface area contributed by atoms with Crippen LogP contribution in [0.25, 0.3) is 0 Å². The van der Waals surface area contributed by atoms with E-state index in [9.17, 15) is 14.9 Å². The van der Waals surface area contributed by atoms with E-state index in [1.165, 1.54) is 12.3 Å². The topological polar surface area (TPSA) is 103 Å². The molecule has 0 heterocycles. The van der Waals surface area contributed by atoms with Gasteiger partial charge in [0, 0.05) is 11.6 Å². The first-order valence-electron chi connectivity index (χ1n) is 8.49. The number of nitrogens with zero attached hydrogens (tertiary/aromatic N) is 2. The Morgan fingerprint density at radius 2 is 1.85 bits per heavy atom. The van der Waals surface area contributed by atoms with E-state index in [0.717, 1.165) is 0 Å². The quantitative estimate of drug-likeness (QED) is 0.414. The maximum atomic E-state index is 12.0. The molecule has 0 aliphatic carbocycles. The van der Waals surface area contributed by atoms with Gasteiger partial charge in [0.2, 0.25) is 5.91 Å². The molecule has 8 nitrogen and oxygen atoms in total. The van der Waals surface area contributed by atoms with Gasteiger partial charge >= 0.3 is 0 Å². The normalized spacial score (nSPS) is 10.6. The highest BCUT2D eigenvalue weighted by Gasteiger charge is 2.15. The molecule has 2 aromatic carbocycles. The molecule has 0 aliphatic rings. The monoisotopic (exact) mass is 371 g/mol. The predicted molar refractivity (Wildman–Crippen MR) is 101 cm³/mol. The van der Waals surface area contributed by atoms with E-state index in [1.807, 2.05) is 13.8 Å². The maximum Gasteiger partial charge on any atom is 0.273 e. The number of benzene rings is 2. The number of carbonyl (C=O) groups excluding carboxylic acids is 1. The van der Waals surface area contributed by atoms with Crippen molar-refractivity contribution in [2.75, 3.05) is 13.2 Å². The number of rotatable bonds is 9. The summed E-state index contributed by atoms with van der Waals surface area (Å²) in [5, 5.41) is 14.9. The van der Waals surface area contributed by atoms with E-state index >= 15 is 0 Å². The number of nitrogens with one attached hydrogen (secondary N) is 1. The minimum Gasteiger partial charge on any atom is -0.490 e. The highest BCUT2D eigenvalue weighted by Crippen LogP contribution is 2.28. The van der Waals surface area contributed by atoms with Gasteiger partial charge in [0.1, 0.15) is 0 Å². The number of amides is 1. The molecule has 0 atom stereocenters. The second-order valence-corrected chi connectivity index (χ2v) is 5.43. The van der Waals surface area contributed by atoms with E-state index in [4.69, 9.17) is 9.47 Å². The van der Waals surface area contributed by atoms with E-state index in [-0.39, 0.29) is 12.1 Å².